The third-order valence-electron chi connectivity index (χ3n) is 3.37. The van der Waals surface area contributed by atoms with E-state index >= 15 is 0 Å². The second-order valence-corrected chi connectivity index (χ2v) is 6.59. The molecule has 0 aliphatic carbocycles. The highest BCUT2D eigenvalue weighted by atomic mass is 127. The van der Waals surface area contributed by atoms with Crippen molar-refractivity contribution in [3.8, 4) is 0 Å². The molecule has 1 aromatic rings. The van der Waals surface area contributed by atoms with Crippen molar-refractivity contribution in [1.29, 1.82) is 0 Å². The van der Waals surface area contributed by atoms with E-state index in [-0.39, 0.29) is 24.0 Å². The van der Waals surface area contributed by atoms with Crippen LogP contribution in [0.1, 0.15) is 17.2 Å². The molecule has 25 heavy (non-hydrogen) atoms. The molecule has 0 bridgehead atoms. The van der Waals surface area contributed by atoms with Crippen LogP contribution in [-0.4, -0.2) is 59.3 Å². The lowest BCUT2D eigenvalue weighted by Gasteiger charge is -2.18. The van der Waals surface area contributed by atoms with Gasteiger partial charge in [0.2, 0.25) is 0 Å². The van der Waals surface area contributed by atoms with E-state index in [1.165, 1.54) is 5.56 Å². The van der Waals surface area contributed by atoms with Crippen molar-refractivity contribution in [3.63, 3.8) is 0 Å². The Balaban J connectivity index is 0.00000576. The molecule has 1 atom stereocenters. The number of guanidine groups is 1. The molecule has 2 N–H and O–H groups in total. The fourth-order valence-corrected chi connectivity index (χ4v) is 2.95. The zero-order valence-corrected chi connectivity index (χ0v) is 19.0. The lowest BCUT2D eigenvalue weighted by atomic mass is 10.1. The molecule has 1 aromatic carbocycles. The number of thioether (sulfide) groups is 1. The van der Waals surface area contributed by atoms with Crippen LogP contribution in [0.4, 0.5) is 0 Å². The fraction of sp³-hybridized carbons (Fsp3) is 0.588. The van der Waals surface area contributed by atoms with Crippen LogP contribution in [0.25, 0.3) is 0 Å². The molecule has 0 spiro atoms. The first kappa shape index (κ1) is 24.8. The first-order valence-electron chi connectivity index (χ1n) is 8.00. The van der Waals surface area contributed by atoms with Crippen LogP contribution in [0.5, 0.6) is 0 Å². The Morgan fingerprint density at radius 1 is 1.28 bits per heavy atom. The average Bonchev–Trinajstić information content (AvgIpc) is 2.59. The van der Waals surface area contributed by atoms with E-state index in [1.54, 1.807) is 25.9 Å². The minimum absolute atomic E-state index is 0. The summed E-state index contributed by atoms with van der Waals surface area (Å²) in [6.45, 7) is 3.58. The Bertz CT molecular complexity index is 495. The molecule has 8 heteroatoms. The van der Waals surface area contributed by atoms with Gasteiger partial charge in [-0.1, -0.05) is 23.7 Å². The third-order valence-corrected chi connectivity index (χ3v) is 4.62. The number of methoxy groups -OCH3 is 1. The van der Waals surface area contributed by atoms with Gasteiger partial charge >= 0.3 is 0 Å². The molecule has 0 amide bonds. The number of hydrogen-bond donors (Lipinski definition) is 2. The van der Waals surface area contributed by atoms with E-state index < -0.39 is 0 Å². The van der Waals surface area contributed by atoms with Gasteiger partial charge in [0.25, 0.3) is 0 Å². The Morgan fingerprint density at radius 3 is 2.72 bits per heavy atom. The topological polar surface area (TPSA) is 54.9 Å². The zero-order chi connectivity index (χ0) is 17.6. The highest BCUT2D eigenvalue weighted by molar-refractivity contribution is 14.0. The molecule has 1 rings (SSSR count). The van der Waals surface area contributed by atoms with E-state index in [1.807, 2.05) is 18.2 Å². The number of nitrogens with zero attached hydrogens (tertiary/aromatic N) is 1. The van der Waals surface area contributed by atoms with Crippen LogP contribution < -0.4 is 10.6 Å². The van der Waals surface area contributed by atoms with Gasteiger partial charge in [-0.3, -0.25) is 4.99 Å². The predicted molar refractivity (Wildman–Crippen MR) is 120 cm³/mol. The van der Waals surface area contributed by atoms with Crippen molar-refractivity contribution >= 4 is 53.3 Å². The summed E-state index contributed by atoms with van der Waals surface area (Å²) in [4.78, 5) is 4.25. The van der Waals surface area contributed by atoms with Crippen molar-refractivity contribution in [1.82, 2.24) is 10.6 Å². The summed E-state index contributed by atoms with van der Waals surface area (Å²) in [7, 11) is 3.45. The molecule has 5 nitrogen and oxygen atoms in total. The second-order valence-electron chi connectivity index (χ2n) is 5.12. The summed E-state index contributed by atoms with van der Waals surface area (Å²) in [6, 6.07) is 7.99. The molecule has 0 aromatic heterocycles. The van der Waals surface area contributed by atoms with Crippen LogP contribution in [0.15, 0.2) is 29.3 Å². The van der Waals surface area contributed by atoms with Gasteiger partial charge in [0, 0.05) is 44.1 Å². The van der Waals surface area contributed by atoms with Crippen LogP contribution in [0.3, 0.4) is 0 Å². The number of aliphatic imine (C=N–C) groups is 1. The molecule has 0 fully saturated rings. The minimum Gasteiger partial charge on any atom is -0.382 e. The minimum atomic E-state index is 0. The number of halogens is 2. The van der Waals surface area contributed by atoms with Gasteiger partial charge in [-0.2, -0.15) is 11.8 Å². The van der Waals surface area contributed by atoms with Crippen LogP contribution in [0, 0.1) is 0 Å². The Kier molecular flexibility index (Phi) is 15.8. The fourth-order valence-electron chi connectivity index (χ4n) is 2.08. The van der Waals surface area contributed by atoms with Gasteiger partial charge in [0.05, 0.1) is 13.2 Å². The number of benzene rings is 1. The summed E-state index contributed by atoms with van der Waals surface area (Å²) in [5.74, 6) is 0.799. The molecular weight excluding hydrogens is 473 g/mol. The highest BCUT2D eigenvalue weighted by Gasteiger charge is 2.11. The predicted octanol–water partition coefficient (Wildman–Crippen LogP) is 3.58. The third kappa shape index (κ3) is 11.2. The van der Waals surface area contributed by atoms with E-state index in [4.69, 9.17) is 21.1 Å². The smallest absolute Gasteiger partial charge is 0.191 e. The molecule has 0 heterocycles. The molecule has 144 valence electrons. The molecule has 0 aliphatic rings. The van der Waals surface area contributed by atoms with Crippen molar-refractivity contribution in [2.75, 3.05) is 53.3 Å². The molecule has 0 saturated heterocycles. The van der Waals surface area contributed by atoms with Gasteiger partial charge in [0.15, 0.2) is 5.96 Å². The first-order valence-corrected chi connectivity index (χ1v) is 9.67. The first-order chi connectivity index (χ1) is 11.7. The van der Waals surface area contributed by atoms with Crippen LogP contribution in [0.2, 0.25) is 5.02 Å². The summed E-state index contributed by atoms with van der Waals surface area (Å²) in [6.07, 6.45) is 3.02. The van der Waals surface area contributed by atoms with E-state index in [0.717, 1.165) is 30.5 Å². The lowest BCUT2D eigenvalue weighted by Crippen LogP contribution is -2.39. The van der Waals surface area contributed by atoms with Gasteiger partial charge in [-0.25, -0.2) is 0 Å². The second kappa shape index (κ2) is 16.0. The quantitative estimate of drug-likeness (QED) is 0.210. The van der Waals surface area contributed by atoms with Crippen molar-refractivity contribution in [3.05, 3.63) is 34.9 Å². The average molecular weight is 502 g/mol. The van der Waals surface area contributed by atoms with Gasteiger partial charge in [0.1, 0.15) is 0 Å². The number of nitrogens with one attached hydrogen (secondary N) is 2. The molecule has 1 unspecified atom stereocenters. The SMILES string of the molecule is CN=C(NCCCOCCOC)NCC(SC)c1cccc(Cl)c1.I. The highest BCUT2D eigenvalue weighted by Crippen LogP contribution is 2.27. The van der Waals surface area contributed by atoms with E-state index in [9.17, 15) is 0 Å². The maximum atomic E-state index is 6.08. The number of hydrogen-bond acceptors (Lipinski definition) is 4. The Hall–Kier alpha value is -0.220. The van der Waals surface area contributed by atoms with Crippen molar-refractivity contribution in [2.24, 2.45) is 4.99 Å². The summed E-state index contributed by atoms with van der Waals surface area (Å²) < 4.78 is 10.4. The lowest BCUT2D eigenvalue weighted by molar-refractivity contribution is 0.0698. The monoisotopic (exact) mass is 501 g/mol. The van der Waals surface area contributed by atoms with Gasteiger partial charge in [-0.15, -0.1) is 24.0 Å². The van der Waals surface area contributed by atoms with Gasteiger partial charge < -0.3 is 20.1 Å². The number of rotatable bonds is 11. The molecule has 0 radical (unpaired) electrons. The van der Waals surface area contributed by atoms with Crippen LogP contribution >= 0.6 is 47.3 Å². The maximum absolute atomic E-state index is 6.08. The molecular formula is C17H29ClIN3O2S. The van der Waals surface area contributed by atoms with E-state index in [2.05, 4.69) is 27.9 Å². The maximum Gasteiger partial charge on any atom is 0.191 e. The van der Waals surface area contributed by atoms with Gasteiger partial charge in [-0.05, 0) is 30.4 Å². The van der Waals surface area contributed by atoms with E-state index in [0.29, 0.717) is 25.1 Å². The number of ether oxygens (including phenoxy) is 2. The molecule has 0 aliphatic heterocycles. The largest absolute Gasteiger partial charge is 0.382 e. The summed E-state index contributed by atoms with van der Waals surface area (Å²) in [5, 5.41) is 7.74. The molecule has 0 saturated carbocycles. The Labute approximate surface area is 177 Å². The summed E-state index contributed by atoms with van der Waals surface area (Å²) >= 11 is 7.87. The summed E-state index contributed by atoms with van der Waals surface area (Å²) in [5.41, 5.74) is 1.21. The van der Waals surface area contributed by atoms with Crippen molar-refractivity contribution in [2.45, 2.75) is 11.7 Å². The standard InChI is InChI=1S/C17H28ClN3O2S.HI/c1-19-17(20-8-5-9-23-11-10-22-2)21-13-16(24-3)14-6-4-7-15(18)12-14;/h4,6-7,12,16H,5,8-11,13H2,1-3H3,(H2,19,20,21);1H. The zero-order valence-electron chi connectivity index (χ0n) is 15.1. The Morgan fingerprint density at radius 2 is 2.08 bits per heavy atom. The van der Waals surface area contributed by atoms with Crippen molar-refractivity contribution < 1.29 is 9.47 Å². The van der Waals surface area contributed by atoms with Crippen LogP contribution in [-0.2, 0) is 9.47 Å². The normalized spacial score (nSPS) is 12.4.